The molecule has 0 bridgehead atoms. The Balaban J connectivity index is 3.01. The number of rotatable bonds is 2. The van der Waals surface area contributed by atoms with Crippen LogP contribution in [0.2, 0.25) is 0 Å². The van der Waals surface area contributed by atoms with E-state index in [0.29, 0.717) is 16.9 Å². The molecule has 0 atom stereocenters. The fourth-order valence-electron chi connectivity index (χ4n) is 1.02. The Hall–Kier alpha value is -2.04. The van der Waals surface area contributed by atoms with Gasteiger partial charge in [0.15, 0.2) is 0 Å². The van der Waals surface area contributed by atoms with Crippen LogP contribution in [-0.2, 0) is 4.79 Å². The summed E-state index contributed by atoms with van der Waals surface area (Å²) < 4.78 is 0. The smallest absolute Gasteiger partial charge is 0.248 e. The maximum Gasteiger partial charge on any atom is 0.248 e. The van der Waals surface area contributed by atoms with Crippen LogP contribution in [0.15, 0.2) is 18.2 Å². The lowest BCUT2D eigenvalue weighted by molar-refractivity contribution is -0.114. The second-order valence-electron chi connectivity index (χ2n) is 2.85. The molecule has 74 valence electrons. The van der Waals surface area contributed by atoms with Crippen molar-refractivity contribution in [2.75, 3.05) is 11.1 Å². The van der Waals surface area contributed by atoms with Gasteiger partial charge in [0.2, 0.25) is 11.8 Å². The van der Waals surface area contributed by atoms with Gasteiger partial charge in [-0.05, 0) is 18.2 Å². The normalized spacial score (nSPS) is 9.50. The van der Waals surface area contributed by atoms with Gasteiger partial charge >= 0.3 is 0 Å². The summed E-state index contributed by atoms with van der Waals surface area (Å²) in [5, 5.41) is 2.52. The van der Waals surface area contributed by atoms with Gasteiger partial charge in [0.05, 0.1) is 11.4 Å². The molecule has 0 saturated heterocycles. The zero-order valence-electron chi connectivity index (χ0n) is 7.70. The molecule has 5 N–H and O–H groups in total. The van der Waals surface area contributed by atoms with Gasteiger partial charge in [-0.1, -0.05) is 0 Å². The lowest BCUT2D eigenvalue weighted by Crippen LogP contribution is -2.13. The highest BCUT2D eigenvalue weighted by Gasteiger charge is 2.05. The van der Waals surface area contributed by atoms with Gasteiger partial charge in [-0.25, -0.2) is 0 Å². The maximum absolute atomic E-state index is 10.8. The minimum absolute atomic E-state index is 0.219. The van der Waals surface area contributed by atoms with Crippen LogP contribution >= 0.6 is 0 Å². The van der Waals surface area contributed by atoms with E-state index < -0.39 is 5.91 Å². The number of carbonyl (C=O) groups excluding carboxylic acids is 2. The third-order valence-electron chi connectivity index (χ3n) is 1.65. The van der Waals surface area contributed by atoms with Crippen LogP contribution < -0.4 is 16.8 Å². The van der Waals surface area contributed by atoms with Crippen molar-refractivity contribution in [3.63, 3.8) is 0 Å². The first-order chi connectivity index (χ1) is 6.50. The van der Waals surface area contributed by atoms with Crippen molar-refractivity contribution >= 4 is 23.2 Å². The summed E-state index contributed by atoms with van der Waals surface area (Å²) in [6.07, 6.45) is 0. The average molecular weight is 193 g/mol. The first-order valence-corrected chi connectivity index (χ1v) is 3.97. The maximum atomic E-state index is 10.8. The molecule has 0 heterocycles. The van der Waals surface area contributed by atoms with Crippen molar-refractivity contribution in [2.45, 2.75) is 6.92 Å². The van der Waals surface area contributed by atoms with Gasteiger partial charge in [0.1, 0.15) is 0 Å². The zero-order valence-corrected chi connectivity index (χ0v) is 7.70. The lowest BCUT2D eigenvalue weighted by atomic mass is 10.1. The summed E-state index contributed by atoms with van der Waals surface area (Å²) in [4.78, 5) is 21.5. The average Bonchev–Trinajstić information content (AvgIpc) is 2.07. The summed E-state index contributed by atoms with van der Waals surface area (Å²) in [6.45, 7) is 1.38. The molecule has 2 amide bonds. The Kier molecular flexibility index (Phi) is 2.71. The Morgan fingerprint density at radius 3 is 2.43 bits per heavy atom. The van der Waals surface area contributed by atoms with Gasteiger partial charge in [-0.2, -0.15) is 0 Å². The van der Waals surface area contributed by atoms with Crippen molar-refractivity contribution in [2.24, 2.45) is 5.73 Å². The highest BCUT2D eigenvalue weighted by molar-refractivity contribution is 5.97. The van der Waals surface area contributed by atoms with Crippen LogP contribution in [0.4, 0.5) is 11.4 Å². The SMILES string of the molecule is CC(=O)Nc1ccc(C(N)=O)cc1N. The molecular formula is C9H11N3O2. The van der Waals surface area contributed by atoms with Crippen molar-refractivity contribution in [1.82, 2.24) is 0 Å². The fourth-order valence-corrected chi connectivity index (χ4v) is 1.02. The molecular weight excluding hydrogens is 182 g/mol. The first kappa shape index (κ1) is 10.0. The molecule has 0 fully saturated rings. The molecule has 0 unspecified atom stereocenters. The number of carbonyl (C=O) groups is 2. The van der Waals surface area contributed by atoms with Crippen LogP contribution in [-0.4, -0.2) is 11.8 Å². The number of nitrogens with one attached hydrogen (secondary N) is 1. The number of nitrogen functional groups attached to an aromatic ring is 1. The largest absolute Gasteiger partial charge is 0.397 e. The van der Waals surface area contributed by atoms with Gasteiger partial charge in [0.25, 0.3) is 0 Å². The van der Waals surface area contributed by atoms with E-state index in [1.54, 1.807) is 0 Å². The van der Waals surface area contributed by atoms with E-state index in [4.69, 9.17) is 11.5 Å². The number of nitrogens with two attached hydrogens (primary N) is 2. The summed E-state index contributed by atoms with van der Waals surface area (Å²) in [5.74, 6) is -0.769. The molecule has 0 spiro atoms. The summed E-state index contributed by atoms with van der Waals surface area (Å²) in [7, 11) is 0. The molecule has 0 aromatic heterocycles. The molecule has 0 aliphatic rings. The lowest BCUT2D eigenvalue weighted by Gasteiger charge is -2.06. The first-order valence-electron chi connectivity index (χ1n) is 3.97. The predicted molar refractivity (Wildman–Crippen MR) is 53.7 cm³/mol. The van der Waals surface area contributed by atoms with Gasteiger partial charge in [-0.3, -0.25) is 9.59 Å². The van der Waals surface area contributed by atoms with Crippen LogP contribution in [0, 0.1) is 0 Å². The Morgan fingerprint density at radius 2 is 2.00 bits per heavy atom. The molecule has 5 heteroatoms. The van der Waals surface area contributed by atoms with E-state index in [9.17, 15) is 9.59 Å². The zero-order chi connectivity index (χ0) is 10.7. The minimum atomic E-state index is -0.550. The number of benzene rings is 1. The van der Waals surface area contributed by atoms with Gasteiger partial charge in [-0.15, -0.1) is 0 Å². The monoisotopic (exact) mass is 193 g/mol. The van der Waals surface area contributed by atoms with E-state index >= 15 is 0 Å². The molecule has 1 aromatic rings. The van der Waals surface area contributed by atoms with Gasteiger partial charge < -0.3 is 16.8 Å². The van der Waals surface area contributed by atoms with Crippen molar-refractivity contribution in [3.8, 4) is 0 Å². The second kappa shape index (κ2) is 3.78. The van der Waals surface area contributed by atoms with E-state index in [1.165, 1.54) is 25.1 Å². The molecule has 0 saturated carbocycles. The molecule has 0 aliphatic carbocycles. The Bertz CT molecular complexity index is 388. The minimum Gasteiger partial charge on any atom is -0.397 e. The highest BCUT2D eigenvalue weighted by Crippen LogP contribution is 2.19. The summed E-state index contributed by atoms with van der Waals surface area (Å²) in [6, 6.07) is 4.47. The summed E-state index contributed by atoms with van der Waals surface area (Å²) >= 11 is 0. The topological polar surface area (TPSA) is 98.2 Å². The van der Waals surface area contributed by atoms with Gasteiger partial charge in [0, 0.05) is 12.5 Å². The number of anilines is 2. The highest BCUT2D eigenvalue weighted by atomic mass is 16.1. The fraction of sp³-hybridized carbons (Fsp3) is 0.111. The third-order valence-corrected chi connectivity index (χ3v) is 1.65. The molecule has 1 aromatic carbocycles. The number of hydrogen-bond acceptors (Lipinski definition) is 3. The Labute approximate surface area is 81.1 Å². The molecule has 5 nitrogen and oxygen atoms in total. The van der Waals surface area contributed by atoms with E-state index in [-0.39, 0.29) is 5.91 Å². The second-order valence-corrected chi connectivity index (χ2v) is 2.85. The van der Waals surface area contributed by atoms with Crippen LogP contribution in [0.1, 0.15) is 17.3 Å². The number of primary amides is 1. The van der Waals surface area contributed by atoms with E-state index in [1.807, 2.05) is 0 Å². The Morgan fingerprint density at radius 1 is 1.36 bits per heavy atom. The quantitative estimate of drug-likeness (QED) is 0.590. The summed E-state index contributed by atoms with van der Waals surface area (Å²) in [5.41, 5.74) is 11.7. The van der Waals surface area contributed by atoms with Crippen molar-refractivity contribution in [1.29, 1.82) is 0 Å². The molecule has 0 radical (unpaired) electrons. The molecule has 0 aliphatic heterocycles. The van der Waals surface area contributed by atoms with Crippen molar-refractivity contribution < 1.29 is 9.59 Å². The predicted octanol–water partition coefficient (Wildman–Crippen LogP) is 0.326. The van der Waals surface area contributed by atoms with Crippen LogP contribution in [0.25, 0.3) is 0 Å². The molecule has 14 heavy (non-hydrogen) atoms. The number of hydrogen-bond donors (Lipinski definition) is 3. The third kappa shape index (κ3) is 2.22. The van der Waals surface area contributed by atoms with Crippen LogP contribution in [0.3, 0.4) is 0 Å². The van der Waals surface area contributed by atoms with Crippen LogP contribution in [0.5, 0.6) is 0 Å². The number of amides is 2. The van der Waals surface area contributed by atoms with E-state index in [2.05, 4.69) is 5.32 Å². The van der Waals surface area contributed by atoms with E-state index in [0.717, 1.165) is 0 Å². The van der Waals surface area contributed by atoms with Crippen molar-refractivity contribution in [3.05, 3.63) is 23.8 Å². The molecule has 1 rings (SSSR count). The standard InChI is InChI=1S/C9H11N3O2/c1-5(13)12-8-3-2-6(9(11)14)4-7(8)10/h2-4H,10H2,1H3,(H2,11,14)(H,12,13).